The van der Waals surface area contributed by atoms with Crippen molar-refractivity contribution in [3.63, 3.8) is 0 Å². The first-order valence-electron chi connectivity index (χ1n) is 16.9. The molecule has 1 aromatic carbocycles. The molecule has 6 saturated carbocycles. The molecule has 6 aliphatic carbocycles. The third-order valence-electron chi connectivity index (χ3n) is 13.6. The van der Waals surface area contributed by atoms with Crippen molar-refractivity contribution >= 4 is 13.3 Å². The van der Waals surface area contributed by atoms with Crippen molar-refractivity contribution in [3.05, 3.63) is 30.3 Å². The summed E-state index contributed by atoms with van der Waals surface area (Å²) in [4.78, 5) is 0. The minimum Gasteiger partial charge on any atom is -0.0656 e. The minimum atomic E-state index is -1.74. The fourth-order valence-corrected chi connectivity index (χ4v) is 21.6. The molecule has 0 amide bonds. The van der Waals surface area contributed by atoms with Gasteiger partial charge in [-0.05, 0) is 84.1 Å². The van der Waals surface area contributed by atoms with Gasteiger partial charge in [-0.1, -0.05) is 132 Å². The molecule has 1 aromatic rings. The molecule has 6 fully saturated rings. The Labute approximate surface area is 223 Å². The predicted molar refractivity (Wildman–Crippen MR) is 156 cm³/mol. The van der Waals surface area contributed by atoms with E-state index in [2.05, 4.69) is 37.3 Å². The molecule has 0 bridgehead atoms. The Morgan fingerprint density at radius 2 is 0.833 bits per heavy atom. The van der Waals surface area contributed by atoms with E-state index in [1.807, 2.05) is 5.19 Å². The van der Waals surface area contributed by atoms with Gasteiger partial charge in [-0.3, -0.25) is 0 Å². The van der Waals surface area contributed by atoms with Crippen molar-refractivity contribution in [3.8, 4) is 0 Å². The quantitative estimate of drug-likeness (QED) is 0.351. The highest BCUT2D eigenvalue weighted by atomic mass is 28.3. The molecule has 0 radical (unpaired) electrons. The fraction of sp³-hybridized carbons (Fsp3) is 0.829. The van der Waals surface area contributed by atoms with E-state index in [0.29, 0.717) is 0 Å². The Bertz CT molecular complexity index is 784. The van der Waals surface area contributed by atoms with E-state index < -0.39 is 8.07 Å². The van der Waals surface area contributed by atoms with Gasteiger partial charge in [-0.25, -0.2) is 0 Å². The van der Waals surface area contributed by atoms with E-state index in [1.165, 1.54) is 6.42 Å². The Morgan fingerprint density at radius 1 is 0.500 bits per heavy atom. The van der Waals surface area contributed by atoms with Crippen LogP contribution in [0.3, 0.4) is 0 Å². The van der Waals surface area contributed by atoms with Crippen LogP contribution in [0.4, 0.5) is 0 Å². The van der Waals surface area contributed by atoms with Crippen LogP contribution in [-0.4, -0.2) is 8.07 Å². The minimum absolute atomic E-state index is 1.09. The second-order valence-electron chi connectivity index (χ2n) is 14.7. The summed E-state index contributed by atoms with van der Waals surface area (Å²) in [6, 6.07) is 14.3. The molecule has 0 heterocycles. The van der Waals surface area contributed by atoms with Gasteiger partial charge in [0.05, 0.1) is 8.07 Å². The first kappa shape index (κ1) is 24.5. The lowest BCUT2D eigenvalue weighted by Gasteiger charge is -2.53. The zero-order valence-corrected chi connectivity index (χ0v) is 24.4. The summed E-state index contributed by atoms with van der Waals surface area (Å²) < 4.78 is 0. The maximum Gasteiger partial charge on any atom is 0.0939 e. The van der Waals surface area contributed by atoms with Gasteiger partial charge in [0.15, 0.2) is 0 Å². The maximum absolute atomic E-state index is 2.71. The highest BCUT2D eigenvalue weighted by molar-refractivity contribution is 6.94. The van der Waals surface area contributed by atoms with Gasteiger partial charge in [-0.2, -0.15) is 0 Å². The second kappa shape index (κ2) is 10.2. The summed E-state index contributed by atoms with van der Waals surface area (Å²) in [6.07, 6.45) is 26.6. The number of fused-ring (bicyclic) bond motifs is 6. The molecule has 0 spiro atoms. The normalized spacial score (nSPS) is 45.7. The molecule has 8 unspecified atom stereocenters. The molecular weight excluding hydrogens is 448 g/mol. The molecule has 8 atom stereocenters. The summed E-state index contributed by atoms with van der Waals surface area (Å²) in [6.45, 7) is 2.59. The first-order valence-corrected chi connectivity index (χ1v) is 19.3. The molecule has 0 aromatic heterocycles. The zero-order valence-electron chi connectivity index (χ0n) is 23.4. The van der Waals surface area contributed by atoms with Crippen molar-refractivity contribution in [2.75, 3.05) is 0 Å². The van der Waals surface area contributed by atoms with Crippen LogP contribution in [0.25, 0.3) is 0 Å². The Hall–Kier alpha value is -0.563. The molecule has 0 N–H and O–H groups in total. The van der Waals surface area contributed by atoms with Crippen molar-refractivity contribution in [1.82, 2.24) is 0 Å². The highest BCUT2D eigenvalue weighted by Crippen LogP contribution is 2.71. The topological polar surface area (TPSA) is 0 Å². The molecule has 6 aliphatic rings. The Morgan fingerprint density at radius 3 is 1.17 bits per heavy atom. The van der Waals surface area contributed by atoms with Crippen LogP contribution >= 0.6 is 0 Å². The van der Waals surface area contributed by atoms with Gasteiger partial charge in [0.25, 0.3) is 0 Å². The van der Waals surface area contributed by atoms with Crippen molar-refractivity contribution in [2.45, 2.75) is 133 Å². The standard InChI is InChI=1S/C35H54Si/c1-2-24-36(25-14-4-3-5-15-25,34-30-20-10-6-16-26(30)27-17-7-11-21-31(27)34)35-32-22-12-8-18-28(32)29-19-9-13-23-33(29)35/h3-5,14-15,26-35H,2,6-13,16-24H2,1H3. The van der Waals surface area contributed by atoms with Crippen LogP contribution in [-0.2, 0) is 0 Å². The molecule has 0 aliphatic heterocycles. The summed E-state index contributed by atoms with van der Waals surface area (Å²) in [5, 5.41) is 1.95. The van der Waals surface area contributed by atoms with Gasteiger partial charge in [-0.15, -0.1) is 0 Å². The van der Waals surface area contributed by atoms with Gasteiger partial charge in [0.1, 0.15) is 0 Å². The summed E-state index contributed by atoms with van der Waals surface area (Å²) >= 11 is 0. The monoisotopic (exact) mass is 502 g/mol. The van der Waals surface area contributed by atoms with Gasteiger partial charge < -0.3 is 0 Å². The summed E-state index contributed by atoms with van der Waals surface area (Å²) in [5.74, 6) is 8.79. The number of rotatable bonds is 5. The first-order chi connectivity index (χ1) is 17.8. The number of hydrogen-bond acceptors (Lipinski definition) is 0. The van der Waals surface area contributed by atoms with Gasteiger partial charge in [0.2, 0.25) is 0 Å². The van der Waals surface area contributed by atoms with E-state index in [-0.39, 0.29) is 0 Å². The third kappa shape index (κ3) is 3.71. The van der Waals surface area contributed by atoms with E-state index in [4.69, 9.17) is 0 Å². The van der Waals surface area contributed by atoms with E-state index >= 15 is 0 Å². The van der Waals surface area contributed by atoms with Crippen molar-refractivity contribution in [1.29, 1.82) is 0 Å². The SMILES string of the molecule is CCC[Si](c1ccccc1)(C1C2CCCCC2C2CCCCC21)C1C2CCCCC2C2CCCCC21. The van der Waals surface area contributed by atoms with E-state index in [1.54, 1.807) is 109 Å². The average Bonchev–Trinajstić information content (AvgIpc) is 3.46. The van der Waals surface area contributed by atoms with Gasteiger partial charge in [0, 0.05) is 0 Å². The summed E-state index contributed by atoms with van der Waals surface area (Å²) in [7, 11) is -1.74. The molecule has 7 rings (SSSR count). The fourth-order valence-electron chi connectivity index (χ4n) is 13.1. The van der Waals surface area contributed by atoms with Crippen LogP contribution < -0.4 is 5.19 Å². The Kier molecular flexibility index (Phi) is 6.93. The molecule has 36 heavy (non-hydrogen) atoms. The predicted octanol–water partition coefficient (Wildman–Crippen LogP) is 9.75. The molecule has 0 nitrogen and oxygen atoms in total. The second-order valence-corrected chi connectivity index (χ2v) is 19.1. The third-order valence-corrected chi connectivity index (χ3v) is 20.4. The number of hydrogen-bond donors (Lipinski definition) is 0. The van der Waals surface area contributed by atoms with Crippen LogP contribution in [0.15, 0.2) is 30.3 Å². The largest absolute Gasteiger partial charge is 0.0939 e. The van der Waals surface area contributed by atoms with Crippen LogP contribution in [0.5, 0.6) is 0 Å². The lowest BCUT2D eigenvalue weighted by molar-refractivity contribution is 0.184. The summed E-state index contributed by atoms with van der Waals surface area (Å²) in [5.41, 5.74) is 2.23. The van der Waals surface area contributed by atoms with Crippen LogP contribution in [0, 0.1) is 47.3 Å². The van der Waals surface area contributed by atoms with E-state index in [9.17, 15) is 0 Å². The molecule has 1 heteroatoms. The van der Waals surface area contributed by atoms with Crippen molar-refractivity contribution in [2.24, 2.45) is 47.3 Å². The van der Waals surface area contributed by atoms with Crippen LogP contribution in [0.2, 0.25) is 17.1 Å². The lowest BCUT2D eigenvalue weighted by atomic mass is 9.73. The molecule has 0 saturated heterocycles. The van der Waals surface area contributed by atoms with Gasteiger partial charge >= 0.3 is 0 Å². The smallest absolute Gasteiger partial charge is 0.0656 e. The lowest BCUT2D eigenvalue weighted by Crippen LogP contribution is -2.60. The zero-order chi connectivity index (χ0) is 24.1. The molecule has 198 valence electrons. The number of benzene rings is 1. The van der Waals surface area contributed by atoms with Crippen LogP contribution in [0.1, 0.15) is 116 Å². The highest BCUT2D eigenvalue weighted by Gasteiger charge is 2.66. The average molecular weight is 503 g/mol. The molecular formula is C35H54Si. The Balaban J connectivity index is 1.42. The maximum atomic E-state index is 2.71. The van der Waals surface area contributed by atoms with E-state index in [0.717, 1.165) is 58.4 Å². The van der Waals surface area contributed by atoms with Crippen molar-refractivity contribution < 1.29 is 0 Å².